The zero-order chi connectivity index (χ0) is 35.5. The summed E-state index contributed by atoms with van der Waals surface area (Å²) in [6.07, 6.45) is 0.232. The fourth-order valence-electron chi connectivity index (χ4n) is 6.47. The second-order valence-electron chi connectivity index (χ2n) is 12.2. The van der Waals surface area contributed by atoms with E-state index in [1.807, 2.05) is 6.20 Å². The number of thioether (sulfide) groups is 1. The Bertz CT molecular complexity index is 1640. The number of rotatable bonds is 10. The van der Waals surface area contributed by atoms with Gasteiger partial charge in [-0.15, -0.1) is 22.0 Å². The van der Waals surface area contributed by atoms with Gasteiger partial charge >= 0.3 is 11.9 Å². The van der Waals surface area contributed by atoms with Crippen LogP contribution in [0.1, 0.15) is 49.9 Å². The van der Waals surface area contributed by atoms with Crippen LogP contribution in [0.5, 0.6) is 0 Å². The molecule has 19 heteroatoms. The molecule has 3 aliphatic heterocycles. The number of hydrogen-bond acceptors (Lipinski definition) is 14. The molecule has 3 aromatic rings. The summed E-state index contributed by atoms with van der Waals surface area (Å²) >= 11 is 1.19. The number of aliphatic hydroxyl groups is 1. The van der Waals surface area contributed by atoms with Crippen molar-refractivity contribution in [3.8, 4) is 11.3 Å². The molecule has 0 bridgehead atoms. The summed E-state index contributed by atoms with van der Waals surface area (Å²) in [5.41, 5.74) is -0.230. The third-order valence-electron chi connectivity index (χ3n) is 9.04. The maximum Gasteiger partial charge on any atom is 0.308 e. The van der Waals surface area contributed by atoms with E-state index in [-0.39, 0.29) is 36.8 Å². The Morgan fingerprint density at radius 2 is 1.72 bits per heavy atom. The molecule has 0 aliphatic carbocycles. The first-order chi connectivity index (χ1) is 24.1. The third kappa shape index (κ3) is 7.67. The lowest BCUT2D eigenvalue weighted by Crippen LogP contribution is -2.57. The average Bonchev–Trinajstić information content (AvgIpc) is 3.80. The van der Waals surface area contributed by atoms with Crippen LogP contribution in [0.3, 0.4) is 0 Å². The van der Waals surface area contributed by atoms with Crippen LogP contribution in [-0.4, -0.2) is 123 Å². The van der Waals surface area contributed by atoms with Gasteiger partial charge in [0.15, 0.2) is 23.6 Å². The minimum atomic E-state index is -1.63. The quantitative estimate of drug-likeness (QED) is 0.239. The Morgan fingerprint density at radius 1 is 1.00 bits per heavy atom. The van der Waals surface area contributed by atoms with Crippen molar-refractivity contribution in [1.82, 2.24) is 30.0 Å². The first kappa shape index (κ1) is 36.2. The van der Waals surface area contributed by atoms with Crippen LogP contribution >= 0.6 is 11.8 Å². The zero-order valence-corrected chi connectivity index (χ0v) is 28.2. The summed E-state index contributed by atoms with van der Waals surface area (Å²) in [4.78, 5) is 24.9. The van der Waals surface area contributed by atoms with Gasteiger partial charge in [-0.25, -0.2) is 22.5 Å². The normalized spacial score (nSPS) is 29.1. The van der Waals surface area contributed by atoms with Crippen molar-refractivity contribution >= 4 is 23.7 Å². The van der Waals surface area contributed by atoms with E-state index in [1.54, 1.807) is 4.68 Å². The standard InChI is InChI=1S/C31H37F3N6O9S/c1-15(41)48-29-23(10-25(42)44-2)49-31(30(45-3)27(29)40-12-21(36-38-40)17-8-18(32)26(34)19(33)9-17)50-24-14-47-13-22(28(24)43)39-11-20(35-37-39)16-4-6-46-7-5-16/h8-9,11-12,16,22-24,27-31,43H,4-7,10,13-14H2,1-3H3/t22-,23+,24+,27-,28+,29-,30+,31-/m0/s1. The van der Waals surface area contributed by atoms with Crippen molar-refractivity contribution < 1.29 is 56.3 Å². The highest BCUT2D eigenvalue weighted by molar-refractivity contribution is 8.00. The number of carbonyl (C=O) groups is 2. The number of hydrogen-bond donors (Lipinski definition) is 1. The molecule has 1 N–H and O–H groups in total. The van der Waals surface area contributed by atoms with E-state index in [1.165, 1.54) is 43.8 Å². The van der Waals surface area contributed by atoms with E-state index in [4.69, 9.17) is 28.4 Å². The molecule has 50 heavy (non-hydrogen) atoms. The van der Waals surface area contributed by atoms with Crippen LogP contribution in [-0.2, 0) is 38.0 Å². The molecule has 3 fully saturated rings. The lowest BCUT2D eigenvalue weighted by molar-refractivity contribution is -0.203. The fraction of sp³-hybridized carbons (Fsp3) is 0.613. The van der Waals surface area contributed by atoms with Gasteiger partial charge in [-0.05, 0) is 25.0 Å². The number of halogens is 3. The predicted octanol–water partition coefficient (Wildman–Crippen LogP) is 2.36. The molecule has 0 amide bonds. The second-order valence-corrected chi connectivity index (χ2v) is 13.5. The molecule has 15 nitrogen and oxygen atoms in total. The number of aliphatic hydroxyl groups excluding tert-OH is 1. The Morgan fingerprint density at radius 3 is 2.40 bits per heavy atom. The largest absolute Gasteiger partial charge is 0.469 e. The summed E-state index contributed by atoms with van der Waals surface area (Å²) in [5, 5.41) is 27.9. The summed E-state index contributed by atoms with van der Waals surface area (Å²) in [5.74, 6) is -5.62. The fourth-order valence-corrected chi connectivity index (χ4v) is 7.97. The van der Waals surface area contributed by atoms with Crippen molar-refractivity contribution in [2.24, 2.45) is 0 Å². The average molecular weight is 727 g/mol. The highest BCUT2D eigenvalue weighted by Gasteiger charge is 2.52. The van der Waals surface area contributed by atoms with Crippen molar-refractivity contribution in [2.75, 3.05) is 40.6 Å². The van der Waals surface area contributed by atoms with Gasteiger partial charge in [-0.2, -0.15) is 0 Å². The highest BCUT2D eigenvalue weighted by Crippen LogP contribution is 2.43. The molecule has 0 saturated carbocycles. The first-order valence-corrected chi connectivity index (χ1v) is 16.9. The van der Waals surface area contributed by atoms with Gasteiger partial charge in [0.1, 0.15) is 35.4 Å². The topological polar surface area (TPSA) is 171 Å². The molecule has 3 aliphatic rings. The minimum Gasteiger partial charge on any atom is -0.469 e. The Balaban J connectivity index is 1.29. The number of benzene rings is 1. The summed E-state index contributed by atoms with van der Waals surface area (Å²) in [7, 11) is 2.60. The highest BCUT2D eigenvalue weighted by atomic mass is 32.2. The maximum atomic E-state index is 14.1. The van der Waals surface area contributed by atoms with E-state index >= 15 is 0 Å². The maximum absolute atomic E-state index is 14.1. The molecular weight excluding hydrogens is 689 g/mol. The predicted molar refractivity (Wildman–Crippen MR) is 166 cm³/mol. The molecule has 1 aromatic carbocycles. The van der Waals surface area contributed by atoms with Gasteiger partial charge in [-0.3, -0.25) is 9.59 Å². The van der Waals surface area contributed by atoms with E-state index in [9.17, 15) is 27.9 Å². The van der Waals surface area contributed by atoms with Gasteiger partial charge in [0.25, 0.3) is 0 Å². The van der Waals surface area contributed by atoms with Crippen molar-refractivity contribution in [3.05, 3.63) is 47.7 Å². The number of ether oxygens (including phenoxy) is 6. The summed E-state index contributed by atoms with van der Waals surface area (Å²) < 4.78 is 79.0. The van der Waals surface area contributed by atoms with E-state index in [2.05, 4.69) is 20.6 Å². The van der Waals surface area contributed by atoms with Gasteiger partial charge < -0.3 is 33.5 Å². The van der Waals surface area contributed by atoms with Crippen LogP contribution in [0.2, 0.25) is 0 Å². The molecular formula is C31H37F3N6O9S. The van der Waals surface area contributed by atoms with E-state index < -0.39 is 76.6 Å². The number of nitrogens with zero attached hydrogens (tertiary/aromatic N) is 6. The Labute approximate surface area is 288 Å². The lowest BCUT2D eigenvalue weighted by atomic mass is 9.94. The third-order valence-corrected chi connectivity index (χ3v) is 10.5. The van der Waals surface area contributed by atoms with Crippen molar-refractivity contribution in [2.45, 2.75) is 79.3 Å². The SMILES string of the molecule is COC(=O)C[C@H]1O[C@@H](S[C@@H]2COC[C@H](n3cc(C4CCOCC4)nn3)[C@H]2O)[C@H](OC)[C@@H](n2cc(-c3cc(F)c(F)c(F)c3)nn2)[C@H]1OC(C)=O. The van der Waals surface area contributed by atoms with Gasteiger partial charge in [0, 0.05) is 44.9 Å². The monoisotopic (exact) mass is 726 g/mol. The van der Waals surface area contributed by atoms with Crippen LogP contribution in [0.4, 0.5) is 13.2 Å². The van der Waals surface area contributed by atoms with Gasteiger partial charge in [0.05, 0.1) is 50.0 Å². The van der Waals surface area contributed by atoms with Crippen molar-refractivity contribution in [3.63, 3.8) is 0 Å². The molecule has 8 atom stereocenters. The zero-order valence-electron chi connectivity index (χ0n) is 27.4. The molecule has 0 unspecified atom stereocenters. The number of aromatic nitrogens is 6. The number of carbonyl (C=O) groups excluding carboxylic acids is 2. The van der Waals surface area contributed by atoms with Crippen LogP contribution in [0.25, 0.3) is 11.3 Å². The lowest BCUT2D eigenvalue weighted by Gasteiger charge is -2.46. The van der Waals surface area contributed by atoms with Crippen molar-refractivity contribution in [1.29, 1.82) is 0 Å². The second kappa shape index (κ2) is 15.7. The molecule has 272 valence electrons. The molecule has 0 spiro atoms. The number of methoxy groups -OCH3 is 2. The summed E-state index contributed by atoms with van der Waals surface area (Å²) in [6, 6.07) is -0.0437. The van der Waals surface area contributed by atoms with Crippen LogP contribution < -0.4 is 0 Å². The molecule has 0 radical (unpaired) electrons. The smallest absolute Gasteiger partial charge is 0.308 e. The van der Waals surface area contributed by atoms with Gasteiger partial charge in [0.2, 0.25) is 0 Å². The van der Waals surface area contributed by atoms with Crippen LogP contribution in [0.15, 0.2) is 24.5 Å². The molecule has 5 heterocycles. The molecule has 6 rings (SSSR count). The Hall–Kier alpha value is -3.62. The Kier molecular flexibility index (Phi) is 11.4. The van der Waals surface area contributed by atoms with Crippen LogP contribution in [0, 0.1) is 17.5 Å². The minimum absolute atomic E-state index is 0.0219. The molecule has 3 saturated heterocycles. The van der Waals surface area contributed by atoms with Gasteiger partial charge in [-0.1, -0.05) is 10.4 Å². The first-order valence-electron chi connectivity index (χ1n) is 16.0. The summed E-state index contributed by atoms with van der Waals surface area (Å²) in [6.45, 7) is 2.78. The molecule has 2 aromatic heterocycles. The van der Waals surface area contributed by atoms with E-state index in [0.717, 1.165) is 30.7 Å². The number of esters is 2. The van der Waals surface area contributed by atoms with E-state index in [0.29, 0.717) is 13.2 Å².